The van der Waals surface area contributed by atoms with E-state index < -0.39 is 0 Å². The van der Waals surface area contributed by atoms with Gasteiger partial charge in [-0.05, 0) is 44.0 Å². The van der Waals surface area contributed by atoms with Crippen LogP contribution in [0, 0.1) is 13.8 Å². The van der Waals surface area contributed by atoms with Crippen molar-refractivity contribution in [2.75, 3.05) is 6.61 Å². The van der Waals surface area contributed by atoms with Crippen LogP contribution in [-0.4, -0.2) is 17.4 Å². The van der Waals surface area contributed by atoms with Gasteiger partial charge in [0.1, 0.15) is 16.5 Å². The molecule has 0 amide bonds. The first-order valence-corrected chi connectivity index (χ1v) is 8.06. The lowest BCUT2D eigenvalue weighted by Gasteiger charge is -2.07. The van der Waals surface area contributed by atoms with Gasteiger partial charge in [0.25, 0.3) is 0 Å². The third-order valence-electron chi connectivity index (χ3n) is 3.02. The third kappa shape index (κ3) is 5.14. The van der Waals surface area contributed by atoms with Crippen molar-refractivity contribution in [2.24, 2.45) is 0 Å². The maximum atomic E-state index is 11.8. The molecule has 5 heteroatoms. The number of carbonyl (C=O) groups excluding carboxylic acids is 1. The number of hydrogen-bond donors (Lipinski definition) is 0. The van der Waals surface area contributed by atoms with E-state index in [0.29, 0.717) is 25.9 Å². The summed E-state index contributed by atoms with van der Waals surface area (Å²) in [5.74, 6) is 1.00. The summed E-state index contributed by atoms with van der Waals surface area (Å²) >= 11 is 7.54. The molecule has 0 N–H and O–H groups in total. The summed E-state index contributed by atoms with van der Waals surface area (Å²) in [6.07, 6.45) is 3.47. The maximum absolute atomic E-state index is 11.8. The predicted molar refractivity (Wildman–Crippen MR) is 86.5 cm³/mol. The monoisotopic (exact) mass is 323 g/mol. The van der Waals surface area contributed by atoms with E-state index in [4.69, 9.17) is 16.3 Å². The lowest BCUT2D eigenvalue weighted by Crippen LogP contribution is -2.06. The number of thiazole rings is 1. The van der Waals surface area contributed by atoms with E-state index in [1.165, 1.54) is 0 Å². The summed E-state index contributed by atoms with van der Waals surface area (Å²) in [5.41, 5.74) is 0.990. The molecule has 0 radical (unpaired) electrons. The van der Waals surface area contributed by atoms with Crippen molar-refractivity contribution in [3.8, 4) is 5.75 Å². The highest BCUT2D eigenvalue weighted by Gasteiger charge is 2.07. The molecule has 3 nitrogen and oxygen atoms in total. The second-order valence-corrected chi connectivity index (χ2v) is 6.67. The van der Waals surface area contributed by atoms with Gasteiger partial charge in [0.05, 0.1) is 13.0 Å². The number of benzene rings is 1. The molecule has 21 heavy (non-hydrogen) atoms. The van der Waals surface area contributed by atoms with E-state index in [2.05, 4.69) is 4.98 Å². The van der Waals surface area contributed by atoms with E-state index in [9.17, 15) is 4.79 Å². The molecule has 1 aromatic heterocycles. The molecule has 1 heterocycles. The van der Waals surface area contributed by atoms with Gasteiger partial charge in [-0.25, -0.2) is 4.98 Å². The Labute approximate surface area is 133 Å². The summed E-state index contributed by atoms with van der Waals surface area (Å²) in [7, 11) is 0. The molecule has 0 bridgehead atoms. The topological polar surface area (TPSA) is 39.2 Å². The van der Waals surface area contributed by atoms with Crippen LogP contribution in [0.15, 0.2) is 24.4 Å². The zero-order valence-corrected chi connectivity index (χ0v) is 13.8. The van der Waals surface area contributed by atoms with E-state index in [1.54, 1.807) is 17.5 Å². The zero-order valence-electron chi connectivity index (χ0n) is 12.2. The smallest absolute Gasteiger partial charge is 0.139 e. The van der Waals surface area contributed by atoms with Crippen molar-refractivity contribution in [1.29, 1.82) is 0 Å². The molecular weight excluding hydrogens is 306 g/mol. The molecule has 0 fully saturated rings. The number of aromatic nitrogens is 1. The third-order valence-corrected chi connectivity index (χ3v) is 4.35. The number of rotatable bonds is 7. The Morgan fingerprint density at radius 1 is 1.38 bits per heavy atom. The van der Waals surface area contributed by atoms with E-state index >= 15 is 0 Å². The molecule has 0 saturated carbocycles. The van der Waals surface area contributed by atoms with E-state index in [0.717, 1.165) is 26.2 Å². The number of aryl methyl sites for hydroxylation is 2. The van der Waals surface area contributed by atoms with Gasteiger partial charge >= 0.3 is 0 Å². The van der Waals surface area contributed by atoms with Crippen LogP contribution in [0.4, 0.5) is 0 Å². The number of ketones is 1. The highest BCUT2D eigenvalue weighted by Crippen LogP contribution is 2.21. The summed E-state index contributed by atoms with van der Waals surface area (Å²) in [6, 6.07) is 5.57. The Kier molecular flexibility index (Phi) is 5.76. The molecule has 0 saturated heterocycles. The second kappa shape index (κ2) is 7.57. The Hall–Kier alpha value is -1.39. The lowest BCUT2D eigenvalue weighted by atomic mass is 10.2. The second-order valence-electron chi connectivity index (χ2n) is 4.94. The number of nitrogens with zero attached hydrogens (tertiary/aromatic N) is 1. The average molecular weight is 324 g/mol. The van der Waals surface area contributed by atoms with Crippen molar-refractivity contribution < 1.29 is 9.53 Å². The Balaban J connectivity index is 1.69. The van der Waals surface area contributed by atoms with Crippen molar-refractivity contribution in [2.45, 2.75) is 33.1 Å². The minimum atomic E-state index is 0.209. The largest absolute Gasteiger partial charge is 0.494 e. The van der Waals surface area contributed by atoms with Gasteiger partial charge in [-0.15, -0.1) is 11.3 Å². The molecule has 0 aliphatic heterocycles. The van der Waals surface area contributed by atoms with Crippen LogP contribution in [0.1, 0.15) is 28.3 Å². The van der Waals surface area contributed by atoms with E-state index in [1.807, 2.05) is 32.0 Å². The molecule has 2 rings (SSSR count). The predicted octanol–water partition coefficient (Wildman–Crippen LogP) is 4.38. The van der Waals surface area contributed by atoms with Crippen LogP contribution in [0.2, 0.25) is 5.02 Å². The highest BCUT2D eigenvalue weighted by atomic mass is 35.5. The molecular formula is C16H18ClNO2S. The lowest BCUT2D eigenvalue weighted by molar-refractivity contribution is -0.118. The summed E-state index contributed by atoms with van der Waals surface area (Å²) in [4.78, 5) is 17.2. The van der Waals surface area contributed by atoms with Gasteiger partial charge in [-0.3, -0.25) is 4.79 Å². The molecule has 112 valence electrons. The van der Waals surface area contributed by atoms with Crippen LogP contribution in [0.3, 0.4) is 0 Å². The van der Waals surface area contributed by atoms with Gasteiger partial charge in [0.15, 0.2) is 0 Å². The van der Waals surface area contributed by atoms with Crippen LogP contribution in [-0.2, 0) is 11.2 Å². The molecule has 1 aromatic carbocycles. The number of Topliss-reactive ketones (excluding diaryl/α,β-unsaturated/α-hetero) is 1. The fourth-order valence-electron chi connectivity index (χ4n) is 1.91. The van der Waals surface area contributed by atoms with Crippen LogP contribution in [0.5, 0.6) is 5.75 Å². The average Bonchev–Trinajstić information content (AvgIpc) is 2.84. The number of carbonyl (C=O) groups is 1. The van der Waals surface area contributed by atoms with Crippen LogP contribution < -0.4 is 4.74 Å². The molecule has 0 spiro atoms. The number of halogens is 1. The van der Waals surface area contributed by atoms with Gasteiger partial charge in [-0.2, -0.15) is 0 Å². The first-order chi connectivity index (χ1) is 10.0. The fraction of sp³-hybridized carbons (Fsp3) is 0.375. The van der Waals surface area contributed by atoms with Crippen molar-refractivity contribution in [3.63, 3.8) is 0 Å². The first kappa shape index (κ1) is 16.0. The van der Waals surface area contributed by atoms with Gasteiger partial charge < -0.3 is 4.74 Å². The molecule has 0 atom stereocenters. The molecule has 0 aliphatic rings. The first-order valence-electron chi connectivity index (χ1n) is 6.86. The summed E-state index contributed by atoms with van der Waals surface area (Å²) < 4.78 is 5.62. The van der Waals surface area contributed by atoms with Gasteiger partial charge in [0, 0.05) is 22.5 Å². The van der Waals surface area contributed by atoms with Crippen LogP contribution in [0.25, 0.3) is 0 Å². The summed E-state index contributed by atoms with van der Waals surface area (Å²) in [6.45, 7) is 4.46. The minimum Gasteiger partial charge on any atom is -0.494 e. The van der Waals surface area contributed by atoms with Crippen LogP contribution >= 0.6 is 22.9 Å². The fourth-order valence-corrected chi connectivity index (χ4v) is 2.84. The Morgan fingerprint density at radius 3 is 2.86 bits per heavy atom. The number of hydrogen-bond acceptors (Lipinski definition) is 4. The quantitative estimate of drug-likeness (QED) is 0.710. The molecule has 2 aromatic rings. The van der Waals surface area contributed by atoms with Crippen molar-refractivity contribution >= 4 is 28.7 Å². The number of ether oxygens (including phenoxy) is 1. The van der Waals surface area contributed by atoms with Crippen molar-refractivity contribution in [3.05, 3.63) is 44.9 Å². The highest BCUT2D eigenvalue weighted by molar-refractivity contribution is 7.11. The normalized spacial score (nSPS) is 10.6. The maximum Gasteiger partial charge on any atom is 0.139 e. The molecule has 0 unspecified atom stereocenters. The summed E-state index contributed by atoms with van der Waals surface area (Å²) in [5, 5.41) is 1.63. The van der Waals surface area contributed by atoms with E-state index in [-0.39, 0.29) is 5.78 Å². The Morgan fingerprint density at radius 2 is 2.19 bits per heavy atom. The standard InChI is InChI=1S/C16H18ClNO2S/c1-11-8-14(5-6-15(11)17)20-7-3-4-13(19)9-16-18-10-12(2)21-16/h5-6,8,10H,3-4,7,9H2,1-2H3. The zero-order chi connectivity index (χ0) is 15.2. The van der Waals surface area contributed by atoms with Gasteiger partial charge in [-0.1, -0.05) is 11.6 Å². The SMILES string of the molecule is Cc1cnc(CC(=O)CCCOc2ccc(Cl)c(C)c2)s1. The van der Waals surface area contributed by atoms with Gasteiger partial charge in [0.2, 0.25) is 0 Å². The Bertz CT molecular complexity index is 624. The minimum absolute atomic E-state index is 0.209. The van der Waals surface area contributed by atoms with Crippen molar-refractivity contribution in [1.82, 2.24) is 4.98 Å². The molecule has 0 aliphatic carbocycles.